The minimum atomic E-state index is 0.270. The molecule has 2 heteroatoms. The van der Waals surface area contributed by atoms with E-state index >= 15 is 0 Å². The smallest absolute Gasteiger partial charge is 0.0570 e. The van der Waals surface area contributed by atoms with Gasteiger partial charge < -0.3 is 5.32 Å². The molecule has 2 nitrogen and oxygen atoms in total. The zero-order valence-corrected chi connectivity index (χ0v) is 11.3. The maximum Gasteiger partial charge on any atom is 0.0570 e. The van der Waals surface area contributed by atoms with E-state index in [2.05, 4.69) is 55.3 Å². The third kappa shape index (κ3) is 3.17. The van der Waals surface area contributed by atoms with Crippen LogP contribution in [0.1, 0.15) is 35.3 Å². The van der Waals surface area contributed by atoms with Crippen molar-refractivity contribution in [2.24, 2.45) is 0 Å². The zero-order chi connectivity index (χ0) is 13.0. The summed E-state index contributed by atoms with van der Waals surface area (Å²) in [4.78, 5) is 4.37. The molecule has 0 unspecified atom stereocenters. The van der Waals surface area contributed by atoms with Crippen molar-refractivity contribution in [2.45, 2.75) is 33.4 Å². The van der Waals surface area contributed by atoms with Gasteiger partial charge in [-0.05, 0) is 44.0 Å². The van der Waals surface area contributed by atoms with Crippen LogP contribution in [0.25, 0.3) is 0 Å². The van der Waals surface area contributed by atoms with E-state index in [1.165, 1.54) is 16.7 Å². The molecule has 1 N–H and O–H groups in total. The molecule has 0 saturated carbocycles. The fourth-order valence-electron chi connectivity index (χ4n) is 1.99. The summed E-state index contributed by atoms with van der Waals surface area (Å²) in [6.07, 6.45) is 1.84. The summed E-state index contributed by atoms with van der Waals surface area (Å²) in [6.45, 7) is 7.31. The summed E-state index contributed by atoms with van der Waals surface area (Å²) in [5.41, 5.74) is 5.09. The third-order valence-corrected chi connectivity index (χ3v) is 3.23. The molecule has 2 aromatic rings. The van der Waals surface area contributed by atoms with Crippen LogP contribution in [0.4, 0.5) is 0 Å². The van der Waals surface area contributed by atoms with Crippen molar-refractivity contribution in [3.8, 4) is 0 Å². The van der Waals surface area contributed by atoms with Crippen LogP contribution >= 0.6 is 0 Å². The third-order valence-electron chi connectivity index (χ3n) is 3.23. The summed E-state index contributed by atoms with van der Waals surface area (Å²) in [7, 11) is 0. The van der Waals surface area contributed by atoms with E-state index in [4.69, 9.17) is 0 Å². The van der Waals surface area contributed by atoms with Crippen molar-refractivity contribution in [3.63, 3.8) is 0 Å². The molecule has 2 rings (SSSR count). The van der Waals surface area contributed by atoms with Crippen molar-refractivity contribution in [3.05, 3.63) is 65.0 Å². The van der Waals surface area contributed by atoms with Crippen LogP contribution in [0, 0.1) is 13.8 Å². The molecule has 18 heavy (non-hydrogen) atoms. The van der Waals surface area contributed by atoms with Crippen LogP contribution in [0.15, 0.2) is 42.6 Å². The lowest BCUT2D eigenvalue weighted by Gasteiger charge is -2.14. The van der Waals surface area contributed by atoms with Gasteiger partial charge in [0.2, 0.25) is 0 Å². The first-order chi connectivity index (χ1) is 8.66. The summed E-state index contributed by atoms with van der Waals surface area (Å²) < 4.78 is 0. The largest absolute Gasteiger partial charge is 0.305 e. The molecule has 1 heterocycles. The molecule has 1 aromatic carbocycles. The average molecular weight is 240 g/mol. The van der Waals surface area contributed by atoms with Gasteiger partial charge >= 0.3 is 0 Å². The van der Waals surface area contributed by atoms with E-state index in [-0.39, 0.29) is 6.04 Å². The Morgan fingerprint density at radius 2 is 2.00 bits per heavy atom. The summed E-state index contributed by atoms with van der Waals surface area (Å²) >= 11 is 0. The first-order valence-electron chi connectivity index (χ1n) is 6.37. The maximum atomic E-state index is 4.37. The number of aromatic nitrogens is 1. The van der Waals surface area contributed by atoms with Crippen molar-refractivity contribution in [1.29, 1.82) is 0 Å². The highest BCUT2D eigenvalue weighted by Crippen LogP contribution is 2.13. The van der Waals surface area contributed by atoms with Crippen LogP contribution in [-0.4, -0.2) is 4.98 Å². The van der Waals surface area contributed by atoms with Gasteiger partial charge in [-0.1, -0.05) is 29.8 Å². The van der Waals surface area contributed by atoms with Crippen molar-refractivity contribution < 1.29 is 0 Å². The fraction of sp³-hybridized carbons (Fsp3) is 0.312. The lowest BCUT2D eigenvalue weighted by molar-refractivity contribution is 0.560. The van der Waals surface area contributed by atoms with E-state index in [0.29, 0.717) is 0 Å². The number of aryl methyl sites for hydroxylation is 2. The second-order valence-corrected chi connectivity index (χ2v) is 4.79. The molecule has 1 atom stereocenters. The molecule has 0 aliphatic carbocycles. The van der Waals surface area contributed by atoms with Crippen molar-refractivity contribution in [2.75, 3.05) is 0 Å². The average Bonchev–Trinajstić information content (AvgIpc) is 2.40. The number of nitrogens with one attached hydrogen (secondary N) is 1. The Bertz CT molecular complexity index is 506. The molecule has 0 saturated heterocycles. The number of hydrogen-bond acceptors (Lipinski definition) is 2. The van der Waals surface area contributed by atoms with Gasteiger partial charge in [0.25, 0.3) is 0 Å². The lowest BCUT2D eigenvalue weighted by Crippen LogP contribution is -2.19. The predicted molar refractivity (Wildman–Crippen MR) is 75.4 cm³/mol. The SMILES string of the molecule is Cc1ccc(C)c(CN[C@H](C)c2ccccn2)c1. The van der Waals surface area contributed by atoms with Crippen LogP contribution in [-0.2, 0) is 6.54 Å². The molecule has 0 aliphatic heterocycles. The molecule has 0 radical (unpaired) electrons. The molecule has 0 bridgehead atoms. The predicted octanol–water partition coefficient (Wildman–Crippen LogP) is 3.55. The summed E-state index contributed by atoms with van der Waals surface area (Å²) in [5.74, 6) is 0. The maximum absolute atomic E-state index is 4.37. The molecule has 0 fully saturated rings. The van der Waals surface area contributed by atoms with Crippen molar-refractivity contribution >= 4 is 0 Å². The Labute approximate surface area is 109 Å². The second kappa shape index (κ2) is 5.78. The first kappa shape index (κ1) is 12.8. The van der Waals surface area contributed by atoms with Gasteiger partial charge in [-0.15, -0.1) is 0 Å². The number of rotatable bonds is 4. The zero-order valence-electron chi connectivity index (χ0n) is 11.3. The summed E-state index contributed by atoms with van der Waals surface area (Å²) in [5, 5.41) is 3.52. The molecule has 94 valence electrons. The molecule has 0 amide bonds. The van der Waals surface area contributed by atoms with Gasteiger partial charge in [0, 0.05) is 18.8 Å². The molecular weight excluding hydrogens is 220 g/mol. The number of hydrogen-bond donors (Lipinski definition) is 1. The van der Waals surface area contributed by atoms with Gasteiger partial charge in [-0.3, -0.25) is 4.98 Å². The molecular formula is C16H20N2. The standard InChI is InChI=1S/C16H20N2/c1-12-7-8-13(2)15(10-12)11-18-14(3)16-6-4-5-9-17-16/h4-10,14,18H,11H2,1-3H3/t14-/m1/s1. The number of benzene rings is 1. The number of pyridine rings is 1. The highest BCUT2D eigenvalue weighted by Gasteiger charge is 2.06. The Morgan fingerprint density at radius 1 is 1.17 bits per heavy atom. The van der Waals surface area contributed by atoms with Crippen LogP contribution in [0.3, 0.4) is 0 Å². The van der Waals surface area contributed by atoms with Crippen LogP contribution in [0.5, 0.6) is 0 Å². The number of nitrogens with zero attached hydrogens (tertiary/aromatic N) is 1. The Balaban J connectivity index is 2.01. The Kier molecular flexibility index (Phi) is 4.11. The van der Waals surface area contributed by atoms with Gasteiger partial charge in [-0.2, -0.15) is 0 Å². The van der Waals surface area contributed by atoms with Gasteiger partial charge in [0.15, 0.2) is 0 Å². The molecule has 0 spiro atoms. The van der Waals surface area contributed by atoms with E-state index in [1.54, 1.807) is 0 Å². The lowest BCUT2D eigenvalue weighted by atomic mass is 10.1. The monoisotopic (exact) mass is 240 g/mol. The molecule has 0 aliphatic rings. The highest BCUT2D eigenvalue weighted by atomic mass is 14.9. The highest BCUT2D eigenvalue weighted by molar-refractivity contribution is 5.30. The Hall–Kier alpha value is -1.67. The topological polar surface area (TPSA) is 24.9 Å². The quantitative estimate of drug-likeness (QED) is 0.884. The Morgan fingerprint density at radius 3 is 2.72 bits per heavy atom. The van der Waals surface area contributed by atoms with Gasteiger partial charge in [-0.25, -0.2) is 0 Å². The minimum Gasteiger partial charge on any atom is -0.305 e. The first-order valence-corrected chi connectivity index (χ1v) is 6.37. The van der Waals surface area contributed by atoms with Crippen molar-refractivity contribution in [1.82, 2.24) is 10.3 Å². The second-order valence-electron chi connectivity index (χ2n) is 4.79. The van der Waals surface area contributed by atoms with Crippen LogP contribution < -0.4 is 5.32 Å². The van der Waals surface area contributed by atoms with Crippen LogP contribution in [0.2, 0.25) is 0 Å². The normalized spacial score (nSPS) is 12.4. The van der Waals surface area contributed by atoms with Gasteiger partial charge in [0.1, 0.15) is 0 Å². The van der Waals surface area contributed by atoms with Gasteiger partial charge in [0.05, 0.1) is 5.69 Å². The minimum absolute atomic E-state index is 0.270. The van der Waals surface area contributed by atoms with E-state index < -0.39 is 0 Å². The fourth-order valence-corrected chi connectivity index (χ4v) is 1.99. The van der Waals surface area contributed by atoms with E-state index in [9.17, 15) is 0 Å². The van der Waals surface area contributed by atoms with E-state index in [1.807, 2.05) is 18.3 Å². The summed E-state index contributed by atoms with van der Waals surface area (Å²) in [6, 6.07) is 12.9. The molecule has 1 aromatic heterocycles. The van der Waals surface area contributed by atoms with E-state index in [0.717, 1.165) is 12.2 Å².